The minimum Gasteiger partial charge on any atom is -0.475 e. The van der Waals surface area contributed by atoms with Gasteiger partial charge in [-0.1, -0.05) is 13.3 Å². The summed E-state index contributed by atoms with van der Waals surface area (Å²) < 4.78 is 16.1. The molecule has 1 heterocycles. The molecule has 0 aliphatic carbocycles. The molecule has 23 heavy (non-hydrogen) atoms. The maximum Gasteiger partial charge on any atom is 0.256 e. The van der Waals surface area contributed by atoms with Crippen molar-refractivity contribution in [2.45, 2.75) is 46.1 Å². The Kier molecular flexibility index (Phi) is 7.98. The van der Waals surface area contributed by atoms with Gasteiger partial charge in [0.25, 0.3) is 5.91 Å². The van der Waals surface area contributed by atoms with Crippen LogP contribution in [0.15, 0.2) is 12.3 Å². The van der Waals surface area contributed by atoms with E-state index in [-0.39, 0.29) is 5.91 Å². The van der Waals surface area contributed by atoms with Gasteiger partial charge in [-0.3, -0.25) is 4.79 Å². The first-order valence-corrected chi connectivity index (χ1v) is 8.00. The van der Waals surface area contributed by atoms with Crippen LogP contribution >= 0.6 is 0 Å². The lowest BCUT2D eigenvalue weighted by atomic mass is 9.99. The van der Waals surface area contributed by atoms with E-state index in [0.717, 1.165) is 12.0 Å². The molecule has 0 aliphatic heterocycles. The average Bonchev–Trinajstić information content (AvgIpc) is 2.50. The normalized spacial score (nSPS) is 13.4. The number of nitrogens with one attached hydrogen (secondary N) is 1. The molecule has 0 saturated heterocycles. The van der Waals surface area contributed by atoms with Crippen molar-refractivity contribution in [1.29, 1.82) is 0 Å². The molecular weight excluding hydrogens is 296 g/mol. The van der Waals surface area contributed by atoms with Gasteiger partial charge in [0.05, 0.1) is 18.5 Å². The van der Waals surface area contributed by atoms with Gasteiger partial charge in [-0.05, 0) is 33.3 Å². The summed E-state index contributed by atoms with van der Waals surface area (Å²) in [4.78, 5) is 16.8. The van der Waals surface area contributed by atoms with Crippen LogP contribution < -0.4 is 10.1 Å². The summed E-state index contributed by atoms with van der Waals surface area (Å²) in [5.41, 5.74) is 0.659. The highest BCUT2D eigenvalue weighted by Gasteiger charge is 2.33. The third-order valence-electron chi connectivity index (χ3n) is 3.48. The fourth-order valence-corrected chi connectivity index (χ4v) is 2.31. The van der Waals surface area contributed by atoms with E-state index in [1.165, 1.54) is 0 Å². The van der Waals surface area contributed by atoms with E-state index in [2.05, 4.69) is 10.3 Å². The lowest BCUT2D eigenvalue weighted by molar-refractivity contribution is -0.139. The third kappa shape index (κ3) is 5.80. The molecule has 6 heteroatoms. The second kappa shape index (κ2) is 9.47. The summed E-state index contributed by atoms with van der Waals surface area (Å²) in [5.74, 6) is 0.386. The molecule has 0 bridgehead atoms. The molecule has 0 radical (unpaired) electrons. The number of methoxy groups -OCH3 is 1. The fraction of sp³-hybridized carbons (Fsp3) is 0.647. The van der Waals surface area contributed by atoms with Crippen molar-refractivity contribution in [3.8, 4) is 5.88 Å². The average molecular weight is 324 g/mol. The van der Waals surface area contributed by atoms with Crippen molar-refractivity contribution >= 4 is 11.6 Å². The van der Waals surface area contributed by atoms with Crippen LogP contribution in [0.4, 0.5) is 5.69 Å². The number of carbonyl (C=O) groups excluding carboxylic acids is 1. The number of hydrogen-bond donors (Lipinski definition) is 1. The van der Waals surface area contributed by atoms with Crippen LogP contribution in [0.25, 0.3) is 0 Å². The van der Waals surface area contributed by atoms with Gasteiger partial charge in [0.2, 0.25) is 5.88 Å². The predicted molar refractivity (Wildman–Crippen MR) is 89.9 cm³/mol. The van der Waals surface area contributed by atoms with Gasteiger partial charge in [-0.25, -0.2) is 4.98 Å². The Bertz CT molecular complexity index is 499. The Morgan fingerprint density at radius 2 is 2.09 bits per heavy atom. The number of pyridine rings is 1. The summed E-state index contributed by atoms with van der Waals surface area (Å²) in [5, 5.41) is 2.88. The smallest absolute Gasteiger partial charge is 0.256 e. The fourth-order valence-electron chi connectivity index (χ4n) is 2.31. The molecule has 130 valence electrons. The molecule has 1 N–H and O–H groups in total. The van der Waals surface area contributed by atoms with Crippen LogP contribution in [0, 0.1) is 6.92 Å². The van der Waals surface area contributed by atoms with E-state index >= 15 is 0 Å². The first-order chi connectivity index (χ1) is 11.0. The van der Waals surface area contributed by atoms with Gasteiger partial charge in [-0.2, -0.15) is 0 Å². The third-order valence-corrected chi connectivity index (χ3v) is 3.48. The molecule has 0 aliphatic rings. The van der Waals surface area contributed by atoms with E-state index in [1.807, 2.05) is 33.8 Å². The van der Waals surface area contributed by atoms with Gasteiger partial charge in [0, 0.05) is 19.3 Å². The Morgan fingerprint density at radius 3 is 2.65 bits per heavy atom. The van der Waals surface area contributed by atoms with Crippen LogP contribution in [-0.2, 0) is 14.3 Å². The van der Waals surface area contributed by atoms with Crippen LogP contribution in [0.3, 0.4) is 0 Å². The number of rotatable bonds is 10. The van der Waals surface area contributed by atoms with Crippen LogP contribution in [0.2, 0.25) is 0 Å². The molecule has 0 aromatic carbocycles. The van der Waals surface area contributed by atoms with Crippen molar-refractivity contribution in [2.75, 3.05) is 32.2 Å². The Morgan fingerprint density at radius 1 is 1.35 bits per heavy atom. The highest BCUT2D eigenvalue weighted by Crippen LogP contribution is 2.23. The van der Waals surface area contributed by atoms with Gasteiger partial charge < -0.3 is 19.5 Å². The molecule has 1 amide bonds. The lowest BCUT2D eigenvalue weighted by Gasteiger charge is -2.27. The van der Waals surface area contributed by atoms with Crippen molar-refractivity contribution in [1.82, 2.24) is 4.98 Å². The highest BCUT2D eigenvalue weighted by molar-refractivity contribution is 5.97. The number of nitrogens with zero attached hydrogens (tertiary/aromatic N) is 1. The van der Waals surface area contributed by atoms with E-state index in [0.29, 0.717) is 37.8 Å². The molecule has 1 rings (SSSR count). The minimum atomic E-state index is -0.828. The zero-order valence-electron chi connectivity index (χ0n) is 14.8. The van der Waals surface area contributed by atoms with Crippen LogP contribution in [0.5, 0.6) is 5.88 Å². The molecule has 6 nitrogen and oxygen atoms in total. The summed E-state index contributed by atoms with van der Waals surface area (Å²) >= 11 is 0. The maximum atomic E-state index is 12.5. The standard InChI is InChI=1S/C17H28N2O4/c1-6-8-17(4,23-7-2)16(20)19-14-11-13(3)15(18-12-14)22-10-9-21-5/h11-12H,6-10H2,1-5H3,(H,19,20). The van der Waals surface area contributed by atoms with Crippen molar-refractivity contribution in [2.24, 2.45) is 0 Å². The number of hydrogen-bond acceptors (Lipinski definition) is 5. The summed E-state index contributed by atoms with van der Waals surface area (Å²) in [7, 11) is 1.62. The first kappa shape index (κ1) is 19.4. The minimum absolute atomic E-state index is 0.157. The number of aryl methyl sites for hydroxylation is 1. The highest BCUT2D eigenvalue weighted by atomic mass is 16.5. The molecule has 0 saturated carbocycles. The first-order valence-electron chi connectivity index (χ1n) is 8.00. The van der Waals surface area contributed by atoms with Crippen molar-refractivity contribution in [3.05, 3.63) is 17.8 Å². The zero-order valence-corrected chi connectivity index (χ0v) is 14.8. The molecule has 1 aromatic rings. The molecule has 1 unspecified atom stereocenters. The van der Waals surface area contributed by atoms with Crippen LogP contribution in [-0.4, -0.2) is 43.4 Å². The topological polar surface area (TPSA) is 69.7 Å². The molecular formula is C17H28N2O4. The van der Waals surface area contributed by atoms with E-state index in [4.69, 9.17) is 14.2 Å². The Labute approximate surface area is 138 Å². The molecule has 0 fully saturated rings. The summed E-state index contributed by atoms with van der Waals surface area (Å²) in [6.07, 6.45) is 3.12. The number of ether oxygens (including phenoxy) is 3. The van der Waals surface area contributed by atoms with Crippen molar-refractivity contribution in [3.63, 3.8) is 0 Å². The van der Waals surface area contributed by atoms with E-state index in [1.54, 1.807) is 13.3 Å². The number of carbonyl (C=O) groups is 1. The van der Waals surface area contributed by atoms with E-state index < -0.39 is 5.60 Å². The lowest BCUT2D eigenvalue weighted by Crippen LogP contribution is -2.42. The maximum absolute atomic E-state index is 12.5. The quantitative estimate of drug-likeness (QED) is 0.670. The molecule has 1 aromatic heterocycles. The monoisotopic (exact) mass is 324 g/mol. The van der Waals surface area contributed by atoms with E-state index in [9.17, 15) is 4.79 Å². The van der Waals surface area contributed by atoms with Gasteiger partial charge in [0.15, 0.2) is 0 Å². The largest absolute Gasteiger partial charge is 0.475 e. The van der Waals surface area contributed by atoms with Crippen molar-refractivity contribution < 1.29 is 19.0 Å². The Balaban J connectivity index is 2.76. The van der Waals surface area contributed by atoms with Gasteiger partial charge >= 0.3 is 0 Å². The second-order valence-electron chi connectivity index (χ2n) is 5.56. The van der Waals surface area contributed by atoms with Crippen LogP contribution in [0.1, 0.15) is 39.2 Å². The summed E-state index contributed by atoms with van der Waals surface area (Å²) in [6.45, 7) is 9.06. The SMILES string of the molecule is CCCC(C)(OCC)C(=O)Nc1cnc(OCCOC)c(C)c1. The zero-order chi connectivity index (χ0) is 17.3. The number of aromatic nitrogens is 1. The number of amides is 1. The van der Waals surface area contributed by atoms with Gasteiger partial charge in [-0.15, -0.1) is 0 Å². The summed E-state index contributed by atoms with van der Waals surface area (Å²) in [6, 6.07) is 1.84. The molecule has 1 atom stereocenters. The number of anilines is 1. The molecule has 0 spiro atoms. The second-order valence-corrected chi connectivity index (χ2v) is 5.56. The predicted octanol–water partition coefficient (Wildman–Crippen LogP) is 2.95. The van der Waals surface area contributed by atoms with Gasteiger partial charge in [0.1, 0.15) is 12.2 Å². The Hall–Kier alpha value is -1.66.